The first-order valence-corrected chi connectivity index (χ1v) is 7.75. The van der Waals surface area contributed by atoms with Crippen LogP contribution in [0.15, 0.2) is 36.4 Å². The largest absolute Gasteiger partial charge is 0.497 e. The van der Waals surface area contributed by atoms with Crippen LogP contribution < -0.4 is 4.74 Å². The highest BCUT2D eigenvalue weighted by Crippen LogP contribution is 2.24. The van der Waals surface area contributed by atoms with E-state index >= 15 is 0 Å². The van der Waals surface area contributed by atoms with Crippen molar-refractivity contribution in [1.29, 1.82) is 0 Å². The lowest BCUT2D eigenvalue weighted by atomic mass is 10.0. The Labute approximate surface area is 130 Å². The lowest BCUT2D eigenvalue weighted by molar-refractivity contribution is 0.300. The number of methoxy groups -OCH3 is 1. The van der Waals surface area contributed by atoms with Gasteiger partial charge in [0.2, 0.25) is 0 Å². The molecule has 0 heterocycles. The van der Waals surface area contributed by atoms with Gasteiger partial charge in [-0.1, -0.05) is 24.3 Å². The summed E-state index contributed by atoms with van der Waals surface area (Å²) in [6.45, 7) is 2.56. The van der Waals surface area contributed by atoms with E-state index in [0.717, 1.165) is 25.4 Å². The molecule has 0 spiro atoms. The second-order valence-electron chi connectivity index (χ2n) is 4.66. The maximum Gasteiger partial charge on any atom is 0.119 e. The molecule has 2 nitrogen and oxygen atoms in total. The van der Waals surface area contributed by atoms with Crippen LogP contribution in [0.2, 0.25) is 0 Å². The molecule has 2 aromatic rings. The van der Waals surface area contributed by atoms with Crippen LogP contribution in [0.4, 0.5) is 0 Å². The van der Waals surface area contributed by atoms with Crippen LogP contribution >= 0.6 is 23.2 Å². The average molecular weight is 312 g/mol. The molecule has 0 bridgehead atoms. The smallest absolute Gasteiger partial charge is 0.119 e. The van der Waals surface area contributed by atoms with Gasteiger partial charge in [-0.2, -0.15) is 0 Å². The maximum atomic E-state index is 5.85. The molecule has 0 fully saturated rings. The standard InChI is InChI=1S/C16H19Cl2NO/c1-20-15-5-6-16-13(11-15)3-2-4-14(16)12-19(9-7-17)10-8-18/h2-6,11H,7-10,12H2,1H3. The molecular weight excluding hydrogens is 293 g/mol. The molecule has 0 aliphatic heterocycles. The summed E-state index contributed by atoms with van der Waals surface area (Å²) in [7, 11) is 1.69. The summed E-state index contributed by atoms with van der Waals surface area (Å²) in [6.07, 6.45) is 0. The molecule has 0 aliphatic rings. The first-order valence-electron chi connectivity index (χ1n) is 6.68. The van der Waals surface area contributed by atoms with E-state index in [9.17, 15) is 0 Å². The zero-order valence-corrected chi connectivity index (χ0v) is 13.1. The number of hydrogen-bond donors (Lipinski definition) is 0. The van der Waals surface area contributed by atoms with Crippen molar-refractivity contribution < 1.29 is 4.74 Å². The van der Waals surface area contributed by atoms with E-state index in [1.54, 1.807) is 7.11 Å². The van der Waals surface area contributed by atoms with Gasteiger partial charge in [-0.15, -0.1) is 23.2 Å². The molecule has 0 radical (unpaired) electrons. The summed E-state index contributed by atoms with van der Waals surface area (Å²) >= 11 is 11.7. The monoisotopic (exact) mass is 311 g/mol. The molecular formula is C16H19Cl2NO. The van der Waals surface area contributed by atoms with E-state index in [-0.39, 0.29) is 0 Å². The van der Waals surface area contributed by atoms with E-state index < -0.39 is 0 Å². The minimum absolute atomic E-state index is 0.621. The molecule has 108 valence electrons. The lowest BCUT2D eigenvalue weighted by Gasteiger charge is -2.21. The Morgan fingerprint density at radius 2 is 1.80 bits per heavy atom. The van der Waals surface area contributed by atoms with Crippen LogP contribution in [0.5, 0.6) is 5.75 Å². The fraction of sp³-hybridized carbons (Fsp3) is 0.375. The van der Waals surface area contributed by atoms with Crippen LogP contribution in [0.3, 0.4) is 0 Å². The number of hydrogen-bond acceptors (Lipinski definition) is 2. The third-order valence-electron chi connectivity index (χ3n) is 3.37. The van der Waals surface area contributed by atoms with Gasteiger partial charge in [0.05, 0.1) is 7.11 Å². The molecule has 0 saturated carbocycles. The highest BCUT2D eigenvalue weighted by atomic mass is 35.5. The molecule has 0 amide bonds. The quantitative estimate of drug-likeness (QED) is 0.713. The van der Waals surface area contributed by atoms with Crippen molar-refractivity contribution in [3.8, 4) is 5.75 Å². The van der Waals surface area contributed by atoms with Crippen LogP contribution in [0.25, 0.3) is 10.8 Å². The van der Waals surface area contributed by atoms with Gasteiger partial charge in [0.25, 0.3) is 0 Å². The normalized spacial score (nSPS) is 11.2. The van der Waals surface area contributed by atoms with Crippen molar-refractivity contribution in [2.45, 2.75) is 6.54 Å². The number of nitrogens with zero attached hydrogens (tertiary/aromatic N) is 1. The van der Waals surface area contributed by atoms with Crippen molar-refractivity contribution in [3.63, 3.8) is 0 Å². The molecule has 20 heavy (non-hydrogen) atoms. The second kappa shape index (κ2) is 7.72. The van der Waals surface area contributed by atoms with Gasteiger partial charge in [0.1, 0.15) is 5.75 Å². The van der Waals surface area contributed by atoms with Crippen LogP contribution in [-0.4, -0.2) is 36.9 Å². The molecule has 0 unspecified atom stereocenters. The number of fused-ring (bicyclic) bond motifs is 1. The zero-order valence-electron chi connectivity index (χ0n) is 11.6. The van der Waals surface area contributed by atoms with Crippen LogP contribution in [0.1, 0.15) is 5.56 Å². The summed E-state index contributed by atoms with van der Waals surface area (Å²) < 4.78 is 5.28. The summed E-state index contributed by atoms with van der Waals surface area (Å²) in [5.41, 5.74) is 1.29. The summed E-state index contributed by atoms with van der Waals surface area (Å²) in [5, 5.41) is 2.45. The first kappa shape index (κ1) is 15.4. The Balaban J connectivity index is 2.29. The molecule has 0 aromatic heterocycles. The fourth-order valence-electron chi connectivity index (χ4n) is 2.34. The molecule has 4 heteroatoms. The highest BCUT2D eigenvalue weighted by Gasteiger charge is 2.08. The molecule has 2 rings (SSSR count). The van der Waals surface area contributed by atoms with Gasteiger partial charge in [0.15, 0.2) is 0 Å². The third kappa shape index (κ3) is 3.78. The van der Waals surface area contributed by atoms with Gasteiger partial charge in [-0.25, -0.2) is 0 Å². The van der Waals surface area contributed by atoms with E-state index in [1.807, 2.05) is 6.07 Å². The Bertz CT molecular complexity index is 553. The first-order chi connectivity index (χ1) is 9.78. The molecule has 0 saturated heterocycles. The van der Waals surface area contributed by atoms with Gasteiger partial charge in [-0.3, -0.25) is 4.90 Å². The van der Waals surface area contributed by atoms with E-state index in [1.165, 1.54) is 16.3 Å². The number of rotatable bonds is 7. The lowest BCUT2D eigenvalue weighted by Crippen LogP contribution is -2.27. The van der Waals surface area contributed by atoms with Crippen molar-refractivity contribution >= 4 is 34.0 Å². The number of ether oxygens (including phenoxy) is 1. The van der Waals surface area contributed by atoms with E-state index in [4.69, 9.17) is 27.9 Å². The van der Waals surface area contributed by atoms with Gasteiger partial charge in [-0.05, 0) is 28.5 Å². The predicted molar refractivity (Wildman–Crippen MR) is 87.2 cm³/mol. The van der Waals surface area contributed by atoms with E-state index in [2.05, 4.69) is 35.2 Å². The van der Waals surface area contributed by atoms with Crippen molar-refractivity contribution in [3.05, 3.63) is 42.0 Å². The summed E-state index contributed by atoms with van der Waals surface area (Å²) in [6, 6.07) is 12.5. The van der Waals surface area contributed by atoms with Crippen LogP contribution in [-0.2, 0) is 6.54 Å². The Hall–Kier alpha value is -0.960. The average Bonchev–Trinajstić information content (AvgIpc) is 2.47. The van der Waals surface area contributed by atoms with E-state index in [0.29, 0.717) is 11.8 Å². The summed E-state index contributed by atoms with van der Waals surface area (Å²) in [5.74, 6) is 2.12. The van der Waals surface area contributed by atoms with Crippen LogP contribution in [0, 0.1) is 0 Å². The molecule has 0 N–H and O–H groups in total. The Kier molecular flexibility index (Phi) is 5.96. The number of alkyl halides is 2. The van der Waals surface area contributed by atoms with Gasteiger partial charge < -0.3 is 4.74 Å². The Morgan fingerprint density at radius 1 is 1.05 bits per heavy atom. The van der Waals surface area contributed by atoms with Gasteiger partial charge in [0, 0.05) is 31.4 Å². The third-order valence-corrected chi connectivity index (χ3v) is 3.71. The highest BCUT2D eigenvalue weighted by molar-refractivity contribution is 6.18. The summed E-state index contributed by atoms with van der Waals surface area (Å²) in [4.78, 5) is 2.28. The zero-order chi connectivity index (χ0) is 14.4. The fourth-order valence-corrected chi connectivity index (χ4v) is 2.82. The van der Waals surface area contributed by atoms with Gasteiger partial charge >= 0.3 is 0 Å². The number of benzene rings is 2. The predicted octanol–water partition coefficient (Wildman–Crippen LogP) is 4.13. The topological polar surface area (TPSA) is 12.5 Å². The molecule has 0 aliphatic carbocycles. The SMILES string of the molecule is COc1ccc2c(CN(CCCl)CCCl)cccc2c1. The Morgan fingerprint density at radius 3 is 2.45 bits per heavy atom. The minimum Gasteiger partial charge on any atom is -0.497 e. The number of halogens is 2. The molecule has 0 atom stereocenters. The maximum absolute atomic E-state index is 5.85. The second-order valence-corrected chi connectivity index (χ2v) is 5.41. The molecule has 2 aromatic carbocycles. The van der Waals surface area contributed by atoms with Crippen molar-refractivity contribution in [2.75, 3.05) is 32.0 Å². The van der Waals surface area contributed by atoms with Crippen molar-refractivity contribution in [1.82, 2.24) is 4.90 Å². The van der Waals surface area contributed by atoms with Crippen molar-refractivity contribution in [2.24, 2.45) is 0 Å². The minimum atomic E-state index is 0.621.